The number of rotatable bonds is 6. The Kier molecular flexibility index (Phi) is 4.93. The van der Waals surface area contributed by atoms with Crippen LogP contribution >= 0.6 is 0 Å². The summed E-state index contributed by atoms with van der Waals surface area (Å²) in [4.78, 5) is 15.1. The van der Waals surface area contributed by atoms with Crippen molar-refractivity contribution in [2.45, 2.75) is 31.5 Å². The number of sulfonamides is 1. The van der Waals surface area contributed by atoms with E-state index in [0.29, 0.717) is 18.8 Å². The number of hydrogen-bond acceptors (Lipinski definition) is 4. The minimum Gasteiger partial charge on any atom is -0.496 e. The molecule has 0 N–H and O–H groups in total. The van der Waals surface area contributed by atoms with Crippen molar-refractivity contribution in [1.82, 2.24) is 13.8 Å². The molecule has 28 heavy (non-hydrogen) atoms. The average Bonchev–Trinajstić information content (AvgIpc) is 3.39. The van der Waals surface area contributed by atoms with Crippen LogP contribution in [-0.4, -0.2) is 60.6 Å². The standard InChI is InChI=1S/C20H25N3O4S/c1-27-18-8-4-3-6-16(18)20-17-7-5-11-21(17)12-13-22(20)19(24)14-23(15-9-10-15)28(2,25)26/h3-8,11,15,20H,9-10,12-14H2,1-2H3. The van der Waals surface area contributed by atoms with Crippen molar-refractivity contribution in [3.8, 4) is 5.75 Å². The molecule has 8 heteroatoms. The van der Waals surface area contributed by atoms with Crippen LogP contribution in [0.25, 0.3) is 0 Å². The number of para-hydroxylation sites is 1. The van der Waals surface area contributed by atoms with Crippen LogP contribution in [0.4, 0.5) is 0 Å². The highest BCUT2D eigenvalue weighted by atomic mass is 32.2. The van der Waals surface area contributed by atoms with Crippen molar-refractivity contribution < 1.29 is 17.9 Å². The van der Waals surface area contributed by atoms with Crippen molar-refractivity contribution in [2.75, 3.05) is 26.5 Å². The summed E-state index contributed by atoms with van der Waals surface area (Å²) in [6.07, 6.45) is 4.82. The van der Waals surface area contributed by atoms with Gasteiger partial charge in [0.15, 0.2) is 0 Å². The molecule has 0 saturated heterocycles. The topological polar surface area (TPSA) is 71.8 Å². The minimum absolute atomic E-state index is 0.0442. The van der Waals surface area contributed by atoms with Gasteiger partial charge in [-0.3, -0.25) is 4.79 Å². The van der Waals surface area contributed by atoms with Crippen LogP contribution in [0.3, 0.4) is 0 Å². The summed E-state index contributed by atoms with van der Waals surface area (Å²) in [7, 11) is -1.81. The third-order valence-corrected chi connectivity index (χ3v) is 6.74. The summed E-state index contributed by atoms with van der Waals surface area (Å²) < 4.78 is 33.4. The normalized spacial score (nSPS) is 19.5. The zero-order chi connectivity index (χ0) is 19.9. The predicted octanol–water partition coefficient (Wildman–Crippen LogP) is 1.85. The zero-order valence-electron chi connectivity index (χ0n) is 16.1. The number of carbonyl (C=O) groups excluding carboxylic acids is 1. The number of aromatic nitrogens is 1. The predicted molar refractivity (Wildman–Crippen MR) is 106 cm³/mol. The van der Waals surface area contributed by atoms with Gasteiger partial charge in [0, 0.05) is 36.6 Å². The molecule has 1 aromatic carbocycles. The van der Waals surface area contributed by atoms with E-state index in [1.54, 1.807) is 12.0 Å². The summed E-state index contributed by atoms with van der Waals surface area (Å²) in [5.41, 5.74) is 1.90. The molecule has 1 aliphatic heterocycles. The van der Waals surface area contributed by atoms with Crippen LogP contribution in [0.15, 0.2) is 42.6 Å². The molecule has 2 aliphatic rings. The number of hydrogen-bond donors (Lipinski definition) is 0. The van der Waals surface area contributed by atoms with E-state index < -0.39 is 10.0 Å². The van der Waals surface area contributed by atoms with Crippen LogP contribution in [0.2, 0.25) is 0 Å². The van der Waals surface area contributed by atoms with Crippen molar-refractivity contribution in [3.63, 3.8) is 0 Å². The van der Waals surface area contributed by atoms with Crippen LogP contribution in [0, 0.1) is 0 Å². The van der Waals surface area contributed by atoms with E-state index >= 15 is 0 Å². The largest absolute Gasteiger partial charge is 0.496 e. The second-order valence-corrected chi connectivity index (χ2v) is 9.33. The molecule has 2 heterocycles. The van der Waals surface area contributed by atoms with E-state index in [2.05, 4.69) is 4.57 Å². The first-order valence-electron chi connectivity index (χ1n) is 9.44. The van der Waals surface area contributed by atoms with Gasteiger partial charge in [-0.15, -0.1) is 0 Å². The Morgan fingerprint density at radius 3 is 2.61 bits per heavy atom. The third-order valence-electron chi connectivity index (χ3n) is 5.46. The Morgan fingerprint density at radius 1 is 1.18 bits per heavy atom. The molecule has 1 amide bonds. The highest BCUT2D eigenvalue weighted by Crippen LogP contribution is 2.37. The smallest absolute Gasteiger partial charge is 0.238 e. The molecule has 1 atom stereocenters. The van der Waals surface area contributed by atoms with Gasteiger partial charge in [-0.2, -0.15) is 4.31 Å². The van der Waals surface area contributed by atoms with Crippen LogP contribution in [0.1, 0.15) is 30.1 Å². The van der Waals surface area contributed by atoms with E-state index in [9.17, 15) is 13.2 Å². The first kappa shape index (κ1) is 19.0. The number of nitrogens with zero attached hydrogens (tertiary/aromatic N) is 3. The van der Waals surface area contributed by atoms with E-state index in [1.807, 2.05) is 42.6 Å². The zero-order valence-corrected chi connectivity index (χ0v) is 16.9. The highest BCUT2D eigenvalue weighted by molar-refractivity contribution is 7.88. The molecule has 0 spiro atoms. The fourth-order valence-electron chi connectivity index (χ4n) is 3.98. The lowest BCUT2D eigenvalue weighted by Crippen LogP contribution is -2.48. The monoisotopic (exact) mass is 403 g/mol. The summed E-state index contributed by atoms with van der Waals surface area (Å²) in [6, 6.07) is 11.3. The Hall–Kier alpha value is -2.32. The van der Waals surface area contributed by atoms with Gasteiger partial charge in [-0.1, -0.05) is 18.2 Å². The summed E-state index contributed by atoms with van der Waals surface area (Å²) in [5, 5.41) is 0. The van der Waals surface area contributed by atoms with Gasteiger partial charge in [-0.25, -0.2) is 8.42 Å². The molecule has 4 rings (SSSR count). The van der Waals surface area contributed by atoms with Gasteiger partial charge >= 0.3 is 0 Å². The van der Waals surface area contributed by atoms with Crippen molar-refractivity contribution in [3.05, 3.63) is 53.9 Å². The lowest BCUT2D eigenvalue weighted by molar-refractivity contribution is -0.134. The maximum atomic E-state index is 13.3. The van der Waals surface area contributed by atoms with Crippen molar-refractivity contribution >= 4 is 15.9 Å². The molecule has 0 bridgehead atoms. The van der Waals surface area contributed by atoms with Gasteiger partial charge in [0.25, 0.3) is 0 Å². The van der Waals surface area contributed by atoms with Crippen molar-refractivity contribution in [2.24, 2.45) is 0 Å². The first-order chi connectivity index (χ1) is 13.4. The molecule has 1 saturated carbocycles. The molecule has 2 aromatic rings. The maximum Gasteiger partial charge on any atom is 0.238 e. The Balaban J connectivity index is 1.70. The molecule has 1 fully saturated rings. The SMILES string of the molecule is COc1ccccc1C1c2cccn2CCN1C(=O)CN(C1CC1)S(C)(=O)=O. The molecule has 1 aliphatic carbocycles. The van der Waals surface area contributed by atoms with Crippen molar-refractivity contribution in [1.29, 1.82) is 0 Å². The number of ether oxygens (including phenoxy) is 1. The van der Waals surface area contributed by atoms with Gasteiger partial charge in [0.05, 0.1) is 19.9 Å². The van der Waals surface area contributed by atoms with Gasteiger partial charge < -0.3 is 14.2 Å². The number of fused-ring (bicyclic) bond motifs is 1. The second-order valence-electron chi connectivity index (χ2n) is 7.40. The van der Waals surface area contributed by atoms with Gasteiger partial charge in [0.1, 0.15) is 11.8 Å². The summed E-state index contributed by atoms with van der Waals surface area (Å²) in [5.74, 6) is 0.530. The quantitative estimate of drug-likeness (QED) is 0.738. The van der Waals surface area contributed by atoms with Gasteiger partial charge in [0.2, 0.25) is 15.9 Å². The molecular weight excluding hydrogens is 378 g/mol. The van der Waals surface area contributed by atoms with E-state index in [0.717, 1.165) is 24.1 Å². The maximum absolute atomic E-state index is 13.3. The number of amides is 1. The van der Waals surface area contributed by atoms with E-state index in [4.69, 9.17) is 4.74 Å². The Labute approximate surface area is 165 Å². The van der Waals surface area contributed by atoms with E-state index in [-0.39, 0.29) is 24.5 Å². The van der Waals surface area contributed by atoms with E-state index in [1.165, 1.54) is 10.6 Å². The fourth-order valence-corrected chi connectivity index (χ4v) is 5.07. The lowest BCUT2D eigenvalue weighted by Gasteiger charge is -2.38. The van der Waals surface area contributed by atoms with Gasteiger partial charge in [-0.05, 0) is 31.0 Å². The fraction of sp³-hybridized carbons (Fsp3) is 0.450. The Morgan fingerprint density at radius 2 is 1.93 bits per heavy atom. The van der Waals surface area contributed by atoms with Crippen LogP contribution < -0.4 is 4.74 Å². The Bertz CT molecular complexity index is 981. The third kappa shape index (κ3) is 3.54. The molecular formula is C20H25N3O4S. The lowest BCUT2D eigenvalue weighted by atomic mass is 9.98. The number of benzene rings is 1. The molecule has 1 aromatic heterocycles. The highest BCUT2D eigenvalue weighted by Gasteiger charge is 2.40. The molecule has 150 valence electrons. The minimum atomic E-state index is -3.42. The molecule has 1 unspecified atom stereocenters. The summed E-state index contributed by atoms with van der Waals surface area (Å²) in [6.45, 7) is 1.09. The number of carbonyl (C=O) groups is 1. The molecule has 7 nitrogen and oxygen atoms in total. The number of methoxy groups -OCH3 is 1. The molecule has 0 radical (unpaired) electrons. The first-order valence-corrected chi connectivity index (χ1v) is 11.3. The average molecular weight is 404 g/mol. The second kappa shape index (κ2) is 7.25. The van der Waals surface area contributed by atoms with Crippen LogP contribution in [0.5, 0.6) is 5.75 Å². The summed E-state index contributed by atoms with van der Waals surface area (Å²) >= 11 is 0. The van der Waals surface area contributed by atoms with Crippen LogP contribution in [-0.2, 0) is 21.4 Å².